The normalized spacial score (nSPS) is 12.0. The molecule has 0 aromatic carbocycles. The van der Waals surface area contributed by atoms with Crippen molar-refractivity contribution in [1.29, 1.82) is 0 Å². The molecule has 0 spiro atoms. The van der Waals surface area contributed by atoms with Gasteiger partial charge in [-0.2, -0.15) is 0 Å². The van der Waals surface area contributed by atoms with Gasteiger partial charge in [-0.1, -0.05) is 446 Å². The van der Waals surface area contributed by atoms with Crippen LogP contribution in [-0.4, -0.2) is 0 Å². The molecule has 0 aromatic heterocycles. The van der Waals surface area contributed by atoms with Crippen LogP contribution in [0.5, 0.6) is 0 Å². The first-order valence-corrected chi connectivity index (χ1v) is 36.8. The maximum Gasteiger partial charge on any atom is -0.0385 e. The Balaban J connectivity index is -0.0000000498. The van der Waals surface area contributed by atoms with Gasteiger partial charge in [-0.3, -0.25) is 0 Å². The van der Waals surface area contributed by atoms with E-state index in [1.54, 1.807) is 0 Å². The molecule has 0 heterocycles. The summed E-state index contributed by atoms with van der Waals surface area (Å²) in [5, 5.41) is 0. The maximum atomic E-state index is 2.34. The van der Waals surface area contributed by atoms with Gasteiger partial charge in [-0.25, -0.2) is 0 Å². The highest BCUT2D eigenvalue weighted by Gasteiger charge is 2.07. The van der Waals surface area contributed by atoms with Crippen LogP contribution in [0, 0.1) is 81.3 Å². The highest BCUT2D eigenvalue weighted by Crippen LogP contribution is 2.23. The molecular formula is C81H190. The molecule has 2 atom stereocenters. The second kappa shape index (κ2) is 93.7. The number of rotatable bonds is 16. The van der Waals surface area contributed by atoms with Crippen LogP contribution >= 0.6 is 0 Å². The Kier molecular flexibility index (Phi) is 134. The minimum atomic E-state index is 0.500. The van der Waals surface area contributed by atoms with Gasteiger partial charge in [0.15, 0.2) is 0 Å². The van der Waals surface area contributed by atoms with Crippen molar-refractivity contribution < 1.29 is 0 Å². The van der Waals surface area contributed by atoms with E-state index in [0.717, 1.165) is 65.1 Å². The average Bonchev–Trinajstić information content (AvgIpc) is 3.84. The van der Waals surface area contributed by atoms with Crippen molar-refractivity contribution in [3.63, 3.8) is 0 Å². The van der Waals surface area contributed by atoms with E-state index in [1.807, 2.05) is 13.8 Å². The third-order valence-corrected chi connectivity index (χ3v) is 12.7. The highest BCUT2D eigenvalue weighted by molar-refractivity contribution is 4.61. The van der Waals surface area contributed by atoms with Gasteiger partial charge >= 0.3 is 0 Å². The predicted octanol–water partition coefficient (Wildman–Crippen LogP) is 33.0. The van der Waals surface area contributed by atoms with Crippen molar-refractivity contribution in [2.75, 3.05) is 0 Å². The Morgan fingerprint density at radius 1 is 0.346 bits per heavy atom. The van der Waals surface area contributed by atoms with Crippen LogP contribution in [0.2, 0.25) is 0 Å². The summed E-state index contributed by atoms with van der Waals surface area (Å²) in [6.45, 7) is 99.9. The van der Waals surface area contributed by atoms with E-state index in [9.17, 15) is 0 Å². The van der Waals surface area contributed by atoms with Crippen molar-refractivity contribution in [3.05, 3.63) is 0 Å². The SMILES string of the molecule is CC.CC(C)(C)C.CC(C)C.CC(C)CC(C)C.CC1CCCC1.CCC.CCC(C)(C)C.CCC(C)(C)C.CCC(C)C.CCC(C)CC.CCCC.CCCC(C)C.CCCCC(C)C.CCC[C@H](C)CC.CC[C@H](C)C(C)C. The van der Waals surface area contributed by atoms with E-state index >= 15 is 0 Å². The van der Waals surface area contributed by atoms with E-state index in [1.165, 1.54) is 141 Å². The van der Waals surface area contributed by atoms with Gasteiger partial charge in [0.25, 0.3) is 0 Å². The molecule has 1 aliphatic carbocycles. The molecule has 0 amide bonds. The highest BCUT2D eigenvalue weighted by atomic mass is 14.1. The number of hydrogen-bond donors (Lipinski definition) is 0. The molecule has 514 valence electrons. The van der Waals surface area contributed by atoms with Crippen LogP contribution in [-0.2, 0) is 0 Å². The maximum absolute atomic E-state index is 2.34. The van der Waals surface area contributed by atoms with Crippen LogP contribution in [0.25, 0.3) is 0 Å². The lowest BCUT2D eigenvalue weighted by Crippen LogP contribution is -2.00. The Morgan fingerprint density at radius 3 is 0.642 bits per heavy atom. The van der Waals surface area contributed by atoms with Gasteiger partial charge in [0.1, 0.15) is 0 Å². The van der Waals surface area contributed by atoms with Gasteiger partial charge in [-0.05, 0) is 87.8 Å². The van der Waals surface area contributed by atoms with E-state index in [4.69, 9.17) is 0 Å². The van der Waals surface area contributed by atoms with Crippen LogP contribution in [0.4, 0.5) is 0 Å². The third-order valence-electron chi connectivity index (χ3n) is 12.7. The standard InChI is InChI=1S/4C7H16.C6H12.4C6H14.2C5H12.2C4H10.C3H8.C2H6/c1-6(2)5-7(3)4;1-5-7(4)6(2)3;1-4-5-6-7(2)3;1-4-6-7(3)5-2;1-6-4-2-3-5-6;2*1-5-6(2,3)4;1-4-5-6(2)3;1-4-6(3)5-2;1-5(2,3)4;1-4-5(2)3;1-4(2)3;1-3-4-2;1-3-2;1-2/h2*6-7H,5H2,1-4H3;2*7H,4-6H2,1-3H3;6H,2-5H2,1H3;2*5H2,1-4H3;2*6H,4-5H2,1-3H3;1-4H3;5H,4H2,1-3H3;4H,1-3H3;3-4H2,1-2H3;3H2,1-2H3;1-2H3/t;7-;;7-;;;;;;;;;;;/m.0.1.........../s1. The first kappa shape index (κ1) is 115. The van der Waals surface area contributed by atoms with Gasteiger partial charge < -0.3 is 0 Å². The molecule has 0 bridgehead atoms. The summed E-state index contributed by atoms with van der Waals surface area (Å²) >= 11 is 0. The van der Waals surface area contributed by atoms with E-state index in [2.05, 4.69) is 298 Å². The minimum Gasteiger partial charge on any atom is -0.0683 e. The van der Waals surface area contributed by atoms with Gasteiger partial charge in [-0.15, -0.1) is 0 Å². The summed E-state index contributed by atoms with van der Waals surface area (Å²) in [6.07, 6.45) is 30.0. The summed E-state index contributed by atoms with van der Waals surface area (Å²) in [6, 6.07) is 0. The van der Waals surface area contributed by atoms with Crippen molar-refractivity contribution in [2.45, 2.75) is 453 Å². The zero-order chi connectivity index (χ0) is 68.4. The molecule has 81 heavy (non-hydrogen) atoms. The number of hydrogen-bond acceptors (Lipinski definition) is 0. The molecule has 0 saturated heterocycles. The summed E-state index contributed by atoms with van der Waals surface area (Å²) < 4.78 is 0. The summed E-state index contributed by atoms with van der Waals surface area (Å²) in [4.78, 5) is 0. The second-order valence-corrected chi connectivity index (χ2v) is 31.1. The minimum absolute atomic E-state index is 0.500. The molecule has 0 aliphatic heterocycles. The molecule has 0 nitrogen and oxygen atoms in total. The van der Waals surface area contributed by atoms with Gasteiger partial charge in [0, 0.05) is 0 Å². The topological polar surface area (TPSA) is 0 Å². The Morgan fingerprint density at radius 2 is 0.605 bits per heavy atom. The molecule has 1 rings (SSSR count). The van der Waals surface area contributed by atoms with Crippen molar-refractivity contribution in [3.8, 4) is 0 Å². The Hall–Kier alpha value is 0. The van der Waals surface area contributed by atoms with E-state index in [-0.39, 0.29) is 0 Å². The largest absolute Gasteiger partial charge is 0.0683 e. The fourth-order valence-electron chi connectivity index (χ4n) is 4.72. The average molecular weight is 1160 g/mol. The van der Waals surface area contributed by atoms with Crippen molar-refractivity contribution >= 4 is 0 Å². The first-order valence-electron chi connectivity index (χ1n) is 36.8. The molecule has 0 radical (unpaired) electrons. The molecule has 1 saturated carbocycles. The second-order valence-electron chi connectivity index (χ2n) is 31.1. The van der Waals surface area contributed by atoms with Crippen LogP contribution in [0.3, 0.4) is 0 Å². The van der Waals surface area contributed by atoms with E-state index in [0.29, 0.717) is 16.2 Å². The van der Waals surface area contributed by atoms with Crippen LogP contribution in [0.15, 0.2) is 0 Å². The molecule has 1 aliphatic rings. The Bertz CT molecular complexity index is 820. The monoisotopic (exact) mass is 1160 g/mol. The summed E-state index contributed by atoms with van der Waals surface area (Å²) in [7, 11) is 0. The van der Waals surface area contributed by atoms with Crippen molar-refractivity contribution in [1.82, 2.24) is 0 Å². The molecule has 0 unspecified atom stereocenters. The Labute approximate surface area is 531 Å². The first-order chi connectivity index (χ1) is 36.8. The quantitative estimate of drug-likeness (QED) is 0.144. The summed E-state index contributed by atoms with van der Waals surface area (Å²) in [5.74, 6) is 9.97. The fourth-order valence-corrected chi connectivity index (χ4v) is 4.72. The van der Waals surface area contributed by atoms with Gasteiger partial charge in [0.05, 0.1) is 0 Å². The van der Waals surface area contributed by atoms with Crippen LogP contribution in [0.1, 0.15) is 453 Å². The predicted molar refractivity (Wildman–Crippen MR) is 403 cm³/mol. The third kappa shape index (κ3) is 276. The lowest BCUT2D eigenvalue weighted by Gasteiger charge is -2.12. The lowest BCUT2D eigenvalue weighted by molar-refractivity contribution is 0.397. The van der Waals surface area contributed by atoms with E-state index < -0.39 is 0 Å². The molecule has 0 heteroatoms. The summed E-state index contributed by atoms with van der Waals surface area (Å²) in [5.41, 5.74) is 1.58. The fraction of sp³-hybridized carbons (Fsp3) is 1.00. The van der Waals surface area contributed by atoms with Crippen LogP contribution < -0.4 is 0 Å². The molecule has 1 fully saturated rings. The smallest absolute Gasteiger partial charge is 0.0385 e. The molecular weight excluding hydrogens is 973 g/mol. The zero-order valence-corrected chi connectivity index (χ0v) is 68.4. The zero-order valence-electron chi connectivity index (χ0n) is 68.4. The molecule has 0 aromatic rings. The molecule has 0 N–H and O–H groups in total. The van der Waals surface area contributed by atoms with Gasteiger partial charge in [0.2, 0.25) is 0 Å². The van der Waals surface area contributed by atoms with Crippen molar-refractivity contribution in [2.24, 2.45) is 81.3 Å². The number of unbranched alkanes of at least 4 members (excludes halogenated alkanes) is 2. The lowest BCUT2D eigenvalue weighted by atomic mass is 9.94.